The van der Waals surface area contributed by atoms with E-state index in [-0.39, 0.29) is 18.6 Å². The van der Waals surface area contributed by atoms with Crippen molar-refractivity contribution >= 4 is 11.6 Å². The number of benzene rings is 1. The third-order valence-electron chi connectivity index (χ3n) is 3.16. The lowest BCUT2D eigenvalue weighted by molar-refractivity contribution is 0.0753. The first-order valence-electron chi connectivity index (χ1n) is 6.44. The fraction of sp³-hybridized carbons (Fsp3) is 0.429. The first-order valence-corrected chi connectivity index (χ1v) is 6.44. The summed E-state index contributed by atoms with van der Waals surface area (Å²) in [6, 6.07) is 5.31. The molecule has 2 rings (SSSR count). The van der Waals surface area contributed by atoms with Crippen molar-refractivity contribution in [2.75, 3.05) is 25.6 Å². The maximum atomic E-state index is 12.5. The molecule has 1 aliphatic heterocycles. The van der Waals surface area contributed by atoms with Crippen molar-refractivity contribution < 1.29 is 14.3 Å². The number of amides is 1. The SMILES string of the molecule is CCN(CC(C)C#N)C(=O)c1cc2c(cc1N)OCO2. The molecule has 0 saturated carbocycles. The van der Waals surface area contributed by atoms with Gasteiger partial charge in [-0.05, 0) is 19.9 Å². The van der Waals surface area contributed by atoms with E-state index >= 15 is 0 Å². The standard InChI is InChI=1S/C14H17N3O3/c1-3-17(7-9(2)6-15)14(18)10-4-12-13(5-11(10)16)20-8-19-12/h4-5,9H,3,7-8,16H2,1-2H3. The number of ether oxygens (including phenoxy) is 2. The average molecular weight is 275 g/mol. The topological polar surface area (TPSA) is 88.6 Å². The molecule has 1 aromatic rings. The summed E-state index contributed by atoms with van der Waals surface area (Å²) in [6.45, 7) is 4.66. The largest absolute Gasteiger partial charge is 0.454 e. The number of rotatable bonds is 4. The maximum absolute atomic E-state index is 12.5. The van der Waals surface area contributed by atoms with E-state index in [9.17, 15) is 4.79 Å². The summed E-state index contributed by atoms with van der Waals surface area (Å²) >= 11 is 0. The van der Waals surface area contributed by atoms with E-state index in [1.807, 2.05) is 6.92 Å². The molecule has 1 aliphatic rings. The minimum Gasteiger partial charge on any atom is -0.454 e. The Kier molecular flexibility index (Phi) is 3.99. The molecule has 6 nitrogen and oxygen atoms in total. The summed E-state index contributed by atoms with van der Waals surface area (Å²) in [5, 5.41) is 8.86. The molecule has 106 valence electrons. The highest BCUT2D eigenvalue weighted by molar-refractivity contribution is 6.00. The second-order valence-electron chi connectivity index (χ2n) is 4.67. The van der Waals surface area contributed by atoms with Crippen molar-refractivity contribution in [1.82, 2.24) is 4.90 Å². The zero-order valence-corrected chi connectivity index (χ0v) is 11.5. The first kappa shape index (κ1) is 14.0. The summed E-state index contributed by atoms with van der Waals surface area (Å²) in [6.07, 6.45) is 0. The number of carbonyl (C=O) groups excluding carboxylic acids is 1. The predicted octanol–water partition coefficient (Wildman–Crippen LogP) is 1.62. The molecule has 2 N–H and O–H groups in total. The van der Waals surface area contributed by atoms with Gasteiger partial charge in [-0.25, -0.2) is 0 Å². The molecule has 20 heavy (non-hydrogen) atoms. The lowest BCUT2D eigenvalue weighted by Crippen LogP contribution is -2.34. The van der Waals surface area contributed by atoms with Gasteiger partial charge in [-0.1, -0.05) is 0 Å². The van der Waals surface area contributed by atoms with Crippen LogP contribution in [0.25, 0.3) is 0 Å². The second-order valence-corrected chi connectivity index (χ2v) is 4.67. The molecule has 6 heteroatoms. The highest BCUT2D eigenvalue weighted by atomic mass is 16.7. The van der Waals surface area contributed by atoms with Crippen LogP contribution < -0.4 is 15.2 Å². The smallest absolute Gasteiger partial charge is 0.256 e. The Morgan fingerprint density at radius 2 is 2.15 bits per heavy atom. The van der Waals surface area contributed by atoms with Gasteiger partial charge in [-0.3, -0.25) is 4.79 Å². The van der Waals surface area contributed by atoms with Gasteiger partial charge in [0.25, 0.3) is 5.91 Å². The van der Waals surface area contributed by atoms with Gasteiger partial charge in [0.2, 0.25) is 6.79 Å². The molecule has 0 aliphatic carbocycles. The van der Waals surface area contributed by atoms with E-state index in [0.717, 1.165) is 0 Å². The fourth-order valence-electron chi connectivity index (χ4n) is 2.04. The molecule has 1 heterocycles. The number of anilines is 1. The normalized spacial score (nSPS) is 13.7. The number of hydrogen-bond acceptors (Lipinski definition) is 5. The quantitative estimate of drug-likeness (QED) is 0.843. The number of carbonyl (C=O) groups is 1. The molecule has 0 spiro atoms. The minimum atomic E-state index is -0.228. The number of fused-ring (bicyclic) bond motifs is 1. The van der Waals surface area contributed by atoms with Crippen LogP contribution >= 0.6 is 0 Å². The number of hydrogen-bond donors (Lipinski definition) is 1. The third-order valence-corrected chi connectivity index (χ3v) is 3.16. The number of nitrogen functional groups attached to an aromatic ring is 1. The van der Waals surface area contributed by atoms with E-state index < -0.39 is 0 Å². The molecule has 1 aromatic carbocycles. The van der Waals surface area contributed by atoms with Crippen LogP contribution in [0.4, 0.5) is 5.69 Å². The molecular weight excluding hydrogens is 258 g/mol. The Morgan fingerprint density at radius 1 is 1.50 bits per heavy atom. The van der Waals surface area contributed by atoms with Crippen LogP contribution in [0.2, 0.25) is 0 Å². The second kappa shape index (κ2) is 5.70. The molecule has 0 radical (unpaired) electrons. The van der Waals surface area contributed by atoms with Crippen molar-refractivity contribution in [3.63, 3.8) is 0 Å². The Bertz CT molecular complexity index is 566. The van der Waals surface area contributed by atoms with E-state index in [4.69, 9.17) is 20.5 Å². The Labute approximate surface area is 117 Å². The average Bonchev–Trinajstić information content (AvgIpc) is 2.89. The summed E-state index contributed by atoms with van der Waals surface area (Å²) in [5.74, 6) is 0.638. The molecule has 0 aromatic heterocycles. The van der Waals surface area contributed by atoms with Crippen LogP contribution in [0.1, 0.15) is 24.2 Å². The van der Waals surface area contributed by atoms with Crippen LogP contribution in [0.3, 0.4) is 0 Å². The van der Waals surface area contributed by atoms with Crippen LogP contribution in [0, 0.1) is 17.2 Å². The minimum absolute atomic E-state index is 0.134. The highest BCUT2D eigenvalue weighted by Crippen LogP contribution is 2.36. The van der Waals surface area contributed by atoms with Crippen molar-refractivity contribution in [3.8, 4) is 17.6 Å². The van der Waals surface area contributed by atoms with E-state index in [0.29, 0.717) is 35.8 Å². The molecule has 0 fully saturated rings. The van der Waals surface area contributed by atoms with Gasteiger partial charge in [0.15, 0.2) is 11.5 Å². The first-order chi connectivity index (χ1) is 9.56. The van der Waals surface area contributed by atoms with Crippen LogP contribution in [0.15, 0.2) is 12.1 Å². The van der Waals surface area contributed by atoms with E-state index in [2.05, 4.69) is 6.07 Å². The lowest BCUT2D eigenvalue weighted by atomic mass is 10.1. The zero-order valence-electron chi connectivity index (χ0n) is 11.5. The van der Waals surface area contributed by atoms with Gasteiger partial charge in [-0.2, -0.15) is 5.26 Å². The fourth-order valence-corrected chi connectivity index (χ4v) is 2.04. The Morgan fingerprint density at radius 3 is 2.75 bits per heavy atom. The summed E-state index contributed by atoms with van der Waals surface area (Å²) in [5.41, 5.74) is 6.63. The summed E-state index contributed by atoms with van der Waals surface area (Å²) in [4.78, 5) is 14.1. The monoisotopic (exact) mass is 275 g/mol. The number of nitrogens with zero attached hydrogens (tertiary/aromatic N) is 2. The highest BCUT2D eigenvalue weighted by Gasteiger charge is 2.23. The van der Waals surface area contributed by atoms with Crippen LogP contribution in [-0.4, -0.2) is 30.7 Å². The number of nitriles is 1. The van der Waals surface area contributed by atoms with Gasteiger partial charge in [0, 0.05) is 24.8 Å². The van der Waals surface area contributed by atoms with Crippen molar-refractivity contribution in [1.29, 1.82) is 5.26 Å². The summed E-state index contributed by atoms with van der Waals surface area (Å²) in [7, 11) is 0. The molecule has 0 saturated heterocycles. The molecule has 0 bridgehead atoms. The van der Waals surface area contributed by atoms with Gasteiger partial charge in [0.05, 0.1) is 17.6 Å². The van der Waals surface area contributed by atoms with Crippen molar-refractivity contribution in [2.24, 2.45) is 5.92 Å². The Hall–Kier alpha value is -2.42. The van der Waals surface area contributed by atoms with E-state index in [1.165, 1.54) is 0 Å². The van der Waals surface area contributed by atoms with Crippen molar-refractivity contribution in [2.45, 2.75) is 13.8 Å². The van der Waals surface area contributed by atoms with Gasteiger partial charge < -0.3 is 20.1 Å². The third kappa shape index (κ3) is 2.62. The maximum Gasteiger partial charge on any atom is 0.256 e. The molecular formula is C14H17N3O3. The van der Waals surface area contributed by atoms with Crippen LogP contribution in [0.5, 0.6) is 11.5 Å². The molecule has 1 unspecified atom stereocenters. The lowest BCUT2D eigenvalue weighted by Gasteiger charge is -2.22. The van der Waals surface area contributed by atoms with Gasteiger partial charge in [0.1, 0.15) is 0 Å². The zero-order chi connectivity index (χ0) is 14.7. The van der Waals surface area contributed by atoms with E-state index in [1.54, 1.807) is 24.0 Å². The van der Waals surface area contributed by atoms with Crippen molar-refractivity contribution in [3.05, 3.63) is 17.7 Å². The van der Waals surface area contributed by atoms with Crippen LogP contribution in [-0.2, 0) is 0 Å². The molecule has 1 amide bonds. The Balaban J connectivity index is 2.26. The van der Waals surface area contributed by atoms with Gasteiger partial charge in [-0.15, -0.1) is 0 Å². The molecule has 1 atom stereocenters. The number of nitrogens with two attached hydrogens (primary N) is 1. The van der Waals surface area contributed by atoms with Gasteiger partial charge >= 0.3 is 0 Å². The predicted molar refractivity (Wildman–Crippen MR) is 73.3 cm³/mol. The summed E-state index contributed by atoms with van der Waals surface area (Å²) < 4.78 is 10.5.